The summed E-state index contributed by atoms with van der Waals surface area (Å²) in [5.74, 6) is 1.97. The fraction of sp³-hybridized carbons (Fsp3) is 0.476. The van der Waals surface area contributed by atoms with Crippen molar-refractivity contribution >= 4 is 27.4 Å². The molecule has 3 aromatic rings. The van der Waals surface area contributed by atoms with Gasteiger partial charge in [-0.15, -0.1) is 11.3 Å². The van der Waals surface area contributed by atoms with Gasteiger partial charge in [0.2, 0.25) is 0 Å². The predicted molar refractivity (Wildman–Crippen MR) is 111 cm³/mol. The van der Waals surface area contributed by atoms with Crippen LogP contribution < -0.4 is 9.80 Å². The van der Waals surface area contributed by atoms with E-state index in [-0.39, 0.29) is 0 Å². The number of hydrogen-bond donors (Lipinski definition) is 1. The van der Waals surface area contributed by atoms with E-state index in [1.165, 1.54) is 61.1 Å². The fourth-order valence-corrected chi connectivity index (χ4v) is 5.72. The van der Waals surface area contributed by atoms with E-state index in [9.17, 15) is 0 Å². The zero-order chi connectivity index (χ0) is 18.2. The highest BCUT2D eigenvalue weighted by molar-refractivity contribution is 7.19. The van der Waals surface area contributed by atoms with Gasteiger partial charge in [0.15, 0.2) is 5.82 Å². The summed E-state index contributed by atoms with van der Waals surface area (Å²) in [7, 11) is 0. The van der Waals surface area contributed by atoms with Crippen molar-refractivity contribution in [2.45, 2.75) is 32.6 Å². The van der Waals surface area contributed by atoms with E-state index in [2.05, 4.69) is 22.9 Å². The van der Waals surface area contributed by atoms with E-state index in [0.29, 0.717) is 0 Å². The summed E-state index contributed by atoms with van der Waals surface area (Å²) in [6.07, 6.45) is 8.59. The van der Waals surface area contributed by atoms with Crippen molar-refractivity contribution < 1.29 is 4.90 Å². The lowest BCUT2D eigenvalue weighted by molar-refractivity contribution is -0.900. The first-order valence-electron chi connectivity index (χ1n) is 10.1. The third-order valence-electron chi connectivity index (χ3n) is 5.84. The van der Waals surface area contributed by atoms with Crippen molar-refractivity contribution in [1.29, 1.82) is 0 Å². The van der Waals surface area contributed by atoms with Gasteiger partial charge in [-0.3, -0.25) is 4.98 Å². The number of aromatic nitrogens is 3. The predicted octanol–water partition coefficient (Wildman–Crippen LogP) is 2.36. The molecule has 3 aromatic heterocycles. The Morgan fingerprint density at radius 3 is 2.85 bits per heavy atom. The molecule has 6 heteroatoms. The van der Waals surface area contributed by atoms with E-state index in [0.717, 1.165) is 35.1 Å². The number of pyridine rings is 1. The molecule has 1 aliphatic heterocycles. The summed E-state index contributed by atoms with van der Waals surface area (Å²) in [5.41, 5.74) is 2.52. The highest BCUT2D eigenvalue weighted by atomic mass is 32.1. The highest BCUT2D eigenvalue weighted by Crippen LogP contribution is 2.41. The van der Waals surface area contributed by atoms with Gasteiger partial charge in [-0.25, -0.2) is 9.97 Å². The van der Waals surface area contributed by atoms with Gasteiger partial charge in [0.25, 0.3) is 0 Å². The normalized spacial score (nSPS) is 17.6. The second kappa shape index (κ2) is 7.17. The van der Waals surface area contributed by atoms with Crippen LogP contribution >= 0.6 is 11.3 Å². The van der Waals surface area contributed by atoms with Crippen molar-refractivity contribution in [3.8, 4) is 11.4 Å². The molecule has 27 heavy (non-hydrogen) atoms. The third kappa shape index (κ3) is 3.11. The molecule has 140 valence electrons. The lowest BCUT2D eigenvalue weighted by Crippen LogP contribution is -3.14. The molecule has 5 nitrogen and oxygen atoms in total. The molecule has 0 saturated carbocycles. The second-order valence-electron chi connectivity index (χ2n) is 7.64. The maximum absolute atomic E-state index is 5.09. The minimum atomic E-state index is 0.814. The number of fused-ring (bicyclic) bond motifs is 3. The SMILES string of the molecule is CCC[NH+]1CCN(c2nc(-c3cccnc3)nc3sc4c(c23)CCC4)CC1. The van der Waals surface area contributed by atoms with Crippen molar-refractivity contribution in [2.24, 2.45) is 0 Å². The van der Waals surface area contributed by atoms with E-state index in [4.69, 9.17) is 9.97 Å². The third-order valence-corrected chi connectivity index (χ3v) is 7.02. The molecule has 1 fully saturated rings. The zero-order valence-electron chi connectivity index (χ0n) is 15.9. The maximum atomic E-state index is 5.09. The van der Waals surface area contributed by atoms with Gasteiger partial charge < -0.3 is 9.80 Å². The monoisotopic (exact) mass is 380 g/mol. The summed E-state index contributed by atoms with van der Waals surface area (Å²) in [4.78, 5) is 21.2. The van der Waals surface area contributed by atoms with E-state index in [1.807, 2.05) is 23.6 Å². The van der Waals surface area contributed by atoms with Crippen LogP contribution in [-0.4, -0.2) is 47.7 Å². The average molecular weight is 381 g/mol. The van der Waals surface area contributed by atoms with Gasteiger partial charge in [-0.05, 0) is 43.4 Å². The van der Waals surface area contributed by atoms with Gasteiger partial charge >= 0.3 is 0 Å². The standard InChI is InChI=1S/C21H25N5S/c1-2-9-25-10-12-26(13-11-25)20-18-16-6-3-7-17(16)27-21(18)24-19(23-20)15-5-4-8-22-14-15/h4-5,8,14H,2-3,6-7,9-13H2,1H3/p+1. The summed E-state index contributed by atoms with van der Waals surface area (Å²) >= 11 is 1.88. The number of nitrogens with one attached hydrogen (secondary N) is 1. The van der Waals surface area contributed by atoms with Crippen LogP contribution in [0.1, 0.15) is 30.2 Å². The Hall–Kier alpha value is -2.05. The van der Waals surface area contributed by atoms with Crippen molar-refractivity contribution in [2.75, 3.05) is 37.6 Å². The molecule has 0 bridgehead atoms. The zero-order valence-corrected chi connectivity index (χ0v) is 16.7. The van der Waals surface area contributed by atoms with Crippen LogP contribution in [0, 0.1) is 0 Å². The van der Waals surface area contributed by atoms with Crippen molar-refractivity contribution in [3.05, 3.63) is 35.0 Å². The van der Waals surface area contributed by atoms with E-state index < -0.39 is 0 Å². The summed E-state index contributed by atoms with van der Waals surface area (Å²) in [5, 5.41) is 1.33. The minimum Gasteiger partial charge on any atom is -0.345 e. The average Bonchev–Trinajstić information content (AvgIpc) is 3.30. The number of piperazine rings is 1. The Morgan fingerprint density at radius 1 is 1.19 bits per heavy atom. The smallest absolute Gasteiger partial charge is 0.164 e. The number of nitrogens with zero attached hydrogens (tertiary/aromatic N) is 4. The summed E-state index contributed by atoms with van der Waals surface area (Å²) < 4.78 is 0. The number of anilines is 1. The lowest BCUT2D eigenvalue weighted by atomic mass is 10.1. The van der Waals surface area contributed by atoms with Crippen molar-refractivity contribution in [3.63, 3.8) is 0 Å². The van der Waals surface area contributed by atoms with E-state index >= 15 is 0 Å². The number of aryl methyl sites for hydroxylation is 2. The highest BCUT2D eigenvalue weighted by Gasteiger charge is 2.27. The number of hydrogen-bond acceptors (Lipinski definition) is 5. The Labute approximate surface area is 164 Å². The molecule has 0 atom stereocenters. The largest absolute Gasteiger partial charge is 0.345 e. The Bertz CT molecular complexity index is 944. The van der Waals surface area contributed by atoms with Crippen LogP contribution in [0.5, 0.6) is 0 Å². The molecule has 0 aromatic carbocycles. The molecule has 1 aliphatic carbocycles. The van der Waals surface area contributed by atoms with Crippen LogP contribution in [0.2, 0.25) is 0 Å². The van der Waals surface area contributed by atoms with Gasteiger partial charge in [0.1, 0.15) is 10.6 Å². The first-order valence-corrected chi connectivity index (χ1v) is 11.0. The van der Waals surface area contributed by atoms with Crippen LogP contribution in [0.15, 0.2) is 24.5 Å². The lowest BCUT2D eigenvalue weighted by Gasteiger charge is -2.33. The molecule has 5 rings (SSSR count). The molecular formula is C21H26N5S+. The molecule has 0 spiro atoms. The molecule has 0 radical (unpaired) electrons. The van der Waals surface area contributed by atoms with Crippen molar-refractivity contribution in [1.82, 2.24) is 15.0 Å². The van der Waals surface area contributed by atoms with Crippen LogP contribution in [0.25, 0.3) is 21.6 Å². The van der Waals surface area contributed by atoms with Gasteiger partial charge in [-0.2, -0.15) is 0 Å². The topological polar surface area (TPSA) is 46.4 Å². The molecule has 0 unspecified atom stereocenters. The Balaban J connectivity index is 1.59. The summed E-state index contributed by atoms with van der Waals surface area (Å²) in [6.45, 7) is 8.13. The number of rotatable bonds is 4. The fourth-order valence-electron chi connectivity index (χ4n) is 4.47. The van der Waals surface area contributed by atoms with Crippen LogP contribution in [-0.2, 0) is 12.8 Å². The Kier molecular flexibility index (Phi) is 4.53. The van der Waals surface area contributed by atoms with Gasteiger partial charge in [0, 0.05) is 22.8 Å². The molecule has 4 heterocycles. The quantitative estimate of drug-likeness (QED) is 0.755. The molecule has 0 amide bonds. The van der Waals surface area contributed by atoms with E-state index in [1.54, 1.807) is 11.1 Å². The molecular weight excluding hydrogens is 354 g/mol. The van der Waals surface area contributed by atoms with Gasteiger partial charge in [0.05, 0.1) is 38.1 Å². The number of quaternary nitrogens is 1. The summed E-state index contributed by atoms with van der Waals surface area (Å²) in [6, 6.07) is 4.02. The molecule has 2 aliphatic rings. The van der Waals surface area contributed by atoms with Crippen LogP contribution in [0.3, 0.4) is 0 Å². The molecule has 1 saturated heterocycles. The van der Waals surface area contributed by atoms with Gasteiger partial charge in [-0.1, -0.05) is 6.92 Å². The van der Waals surface area contributed by atoms with Crippen LogP contribution in [0.4, 0.5) is 5.82 Å². The second-order valence-corrected chi connectivity index (χ2v) is 8.72. The minimum absolute atomic E-state index is 0.814. The molecule has 1 N–H and O–H groups in total. The first-order chi connectivity index (χ1) is 13.3. The Morgan fingerprint density at radius 2 is 2.07 bits per heavy atom. The number of thiophene rings is 1. The maximum Gasteiger partial charge on any atom is 0.164 e. The first kappa shape index (κ1) is 17.1.